The van der Waals surface area contributed by atoms with E-state index < -0.39 is 23.2 Å². The van der Waals surface area contributed by atoms with Gasteiger partial charge in [0.05, 0.1) is 6.10 Å². The SMILES string of the molecule is CC(O)[C@](C)(O)[C@@](C)(O)C(N)=O. The normalized spacial score (nSPS) is 23.8. The van der Waals surface area contributed by atoms with E-state index in [4.69, 9.17) is 10.8 Å². The highest BCUT2D eigenvalue weighted by atomic mass is 16.4. The Balaban J connectivity index is 4.88. The zero-order valence-electron chi connectivity index (χ0n) is 7.40. The Morgan fingerprint density at radius 3 is 1.83 bits per heavy atom. The lowest BCUT2D eigenvalue weighted by molar-refractivity contribution is -0.187. The Morgan fingerprint density at radius 2 is 1.75 bits per heavy atom. The standard InChI is InChI=1S/C7H15NO4/c1-4(9)6(2,11)7(3,12)5(8)10/h4,9,11-12H,1-3H3,(H2,8,10)/t4?,6-,7-/m0/s1. The number of hydrogen-bond acceptors (Lipinski definition) is 4. The molecule has 0 spiro atoms. The molecule has 5 nitrogen and oxygen atoms in total. The van der Waals surface area contributed by atoms with E-state index in [-0.39, 0.29) is 0 Å². The number of nitrogens with two attached hydrogens (primary N) is 1. The molecule has 0 aromatic heterocycles. The number of aliphatic hydroxyl groups excluding tert-OH is 1. The minimum atomic E-state index is -2.14. The smallest absolute Gasteiger partial charge is 0.252 e. The summed E-state index contributed by atoms with van der Waals surface area (Å²) in [5, 5.41) is 27.9. The fraction of sp³-hybridized carbons (Fsp3) is 0.857. The Kier molecular flexibility index (Phi) is 2.84. The summed E-state index contributed by atoms with van der Waals surface area (Å²) in [4.78, 5) is 10.7. The van der Waals surface area contributed by atoms with Gasteiger partial charge in [-0.3, -0.25) is 4.79 Å². The summed E-state index contributed by atoms with van der Waals surface area (Å²) < 4.78 is 0. The lowest BCUT2D eigenvalue weighted by Crippen LogP contribution is -2.63. The van der Waals surface area contributed by atoms with Crippen molar-refractivity contribution in [3.8, 4) is 0 Å². The van der Waals surface area contributed by atoms with Crippen molar-refractivity contribution in [2.24, 2.45) is 5.73 Å². The van der Waals surface area contributed by atoms with Crippen molar-refractivity contribution >= 4 is 5.91 Å². The average molecular weight is 177 g/mol. The van der Waals surface area contributed by atoms with Gasteiger partial charge in [-0.15, -0.1) is 0 Å². The maximum atomic E-state index is 10.7. The predicted molar refractivity (Wildman–Crippen MR) is 42.1 cm³/mol. The molecule has 0 aliphatic carbocycles. The second-order valence-corrected chi connectivity index (χ2v) is 3.26. The van der Waals surface area contributed by atoms with Gasteiger partial charge >= 0.3 is 0 Å². The minimum Gasteiger partial charge on any atom is -0.390 e. The summed E-state index contributed by atoms with van der Waals surface area (Å²) in [5.74, 6) is -1.08. The van der Waals surface area contributed by atoms with Gasteiger partial charge in [0.2, 0.25) is 0 Å². The van der Waals surface area contributed by atoms with Crippen molar-refractivity contribution in [3.63, 3.8) is 0 Å². The van der Waals surface area contributed by atoms with Crippen LogP contribution in [0.1, 0.15) is 20.8 Å². The molecule has 0 saturated carbocycles. The van der Waals surface area contributed by atoms with Crippen LogP contribution in [-0.4, -0.2) is 38.5 Å². The molecule has 0 radical (unpaired) electrons. The van der Waals surface area contributed by atoms with Gasteiger partial charge in [0.25, 0.3) is 5.91 Å². The summed E-state index contributed by atoms with van der Waals surface area (Å²) in [5.41, 5.74) is 0.751. The minimum absolute atomic E-state index is 1.06. The van der Waals surface area contributed by atoms with Crippen LogP contribution in [0.5, 0.6) is 0 Å². The van der Waals surface area contributed by atoms with E-state index in [0.717, 1.165) is 13.8 Å². The Labute approximate surface area is 70.8 Å². The monoisotopic (exact) mass is 177 g/mol. The van der Waals surface area contributed by atoms with E-state index in [1.54, 1.807) is 0 Å². The molecule has 0 bridgehead atoms. The van der Waals surface area contributed by atoms with Gasteiger partial charge in [-0.1, -0.05) is 0 Å². The first-order chi connectivity index (χ1) is 5.14. The molecule has 5 heteroatoms. The Bertz CT molecular complexity index is 186. The lowest BCUT2D eigenvalue weighted by atomic mass is 9.81. The van der Waals surface area contributed by atoms with Crippen LogP contribution in [-0.2, 0) is 4.79 Å². The van der Waals surface area contributed by atoms with Crippen molar-refractivity contribution in [1.82, 2.24) is 0 Å². The van der Waals surface area contributed by atoms with Crippen LogP contribution in [0, 0.1) is 0 Å². The van der Waals surface area contributed by atoms with Gasteiger partial charge in [-0.25, -0.2) is 0 Å². The zero-order chi connectivity index (χ0) is 10.2. The highest BCUT2D eigenvalue weighted by Gasteiger charge is 2.49. The van der Waals surface area contributed by atoms with E-state index in [9.17, 15) is 15.0 Å². The highest BCUT2D eigenvalue weighted by molar-refractivity contribution is 5.84. The van der Waals surface area contributed by atoms with Crippen LogP contribution in [0.15, 0.2) is 0 Å². The van der Waals surface area contributed by atoms with Gasteiger partial charge in [0.1, 0.15) is 5.60 Å². The van der Waals surface area contributed by atoms with Crippen molar-refractivity contribution in [1.29, 1.82) is 0 Å². The molecular formula is C7H15NO4. The Hall–Kier alpha value is -0.650. The number of rotatable bonds is 3. The maximum absolute atomic E-state index is 10.7. The molecule has 1 unspecified atom stereocenters. The van der Waals surface area contributed by atoms with Gasteiger partial charge in [-0.05, 0) is 20.8 Å². The Morgan fingerprint density at radius 1 is 1.42 bits per heavy atom. The average Bonchev–Trinajstić information content (AvgIpc) is 1.86. The molecule has 5 N–H and O–H groups in total. The molecule has 0 rings (SSSR count). The van der Waals surface area contributed by atoms with Gasteiger partial charge in [0.15, 0.2) is 5.60 Å². The number of carbonyl (C=O) groups is 1. The maximum Gasteiger partial charge on any atom is 0.252 e. The van der Waals surface area contributed by atoms with Crippen LogP contribution in [0.2, 0.25) is 0 Å². The van der Waals surface area contributed by atoms with E-state index in [1.807, 2.05) is 0 Å². The van der Waals surface area contributed by atoms with Gasteiger partial charge in [-0.2, -0.15) is 0 Å². The molecule has 0 aliphatic rings. The molecule has 3 atom stereocenters. The number of amides is 1. The first-order valence-electron chi connectivity index (χ1n) is 3.56. The molecule has 0 fully saturated rings. The van der Waals surface area contributed by atoms with Crippen LogP contribution in [0.3, 0.4) is 0 Å². The fourth-order valence-corrected chi connectivity index (χ4v) is 0.656. The molecule has 0 aromatic rings. The summed E-state index contributed by atoms with van der Waals surface area (Å²) in [6.45, 7) is 3.46. The molecule has 0 heterocycles. The number of aliphatic hydroxyl groups is 3. The molecule has 12 heavy (non-hydrogen) atoms. The van der Waals surface area contributed by atoms with Gasteiger partial charge < -0.3 is 21.1 Å². The van der Waals surface area contributed by atoms with Crippen LogP contribution in [0.4, 0.5) is 0 Å². The van der Waals surface area contributed by atoms with Crippen LogP contribution in [0.25, 0.3) is 0 Å². The fourth-order valence-electron chi connectivity index (χ4n) is 0.656. The number of hydrogen-bond donors (Lipinski definition) is 4. The quantitative estimate of drug-likeness (QED) is 0.415. The van der Waals surface area contributed by atoms with E-state index in [1.165, 1.54) is 6.92 Å². The van der Waals surface area contributed by atoms with Crippen molar-refractivity contribution in [3.05, 3.63) is 0 Å². The molecule has 72 valence electrons. The molecule has 0 aromatic carbocycles. The third-order valence-corrected chi connectivity index (χ3v) is 2.28. The summed E-state index contributed by atoms with van der Waals surface area (Å²) in [6.07, 6.45) is -1.25. The largest absolute Gasteiger partial charge is 0.390 e. The first kappa shape index (κ1) is 11.4. The summed E-state index contributed by atoms with van der Waals surface area (Å²) in [7, 11) is 0. The van der Waals surface area contributed by atoms with E-state index in [0.29, 0.717) is 0 Å². The predicted octanol–water partition coefficient (Wildman–Crippen LogP) is -1.65. The molecular weight excluding hydrogens is 162 g/mol. The second kappa shape index (κ2) is 3.01. The lowest BCUT2D eigenvalue weighted by Gasteiger charge is -2.37. The first-order valence-corrected chi connectivity index (χ1v) is 3.56. The third kappa shape index (κ3) is 1.57. The topological polar surface area (TPSA) is 104 Å². The molecule has 0 saturated heterocycles. The van der Waals surface area contributed by atoms with Crippen LogP contribution >= 0.6 is 0 Å². The zero-order valence-corrected chi connectivity index (χ0v) is 7.40. The molecule has 1 amide bonds. The van der Waals surface area contributed by atoms with Gasteiger partial charge in [0, 0.05) is 0 Å². The second-order valence-electron chi connectivity index (χ2n) is 3.26. The summed E-state index contributed by atoms with van der Waals surface area (Å²) in [6, 6.07) is 0. The summed E-state index contributed by atoms with van der Waals surface area (Å²) >= 11 is 0. The third-order valence-electron chi connectivity index (χ3n) is 2.28. The number of carbonyl (C=O) groups excluding carboxylic acids is 1. The van der Waals surface area contributed by atoms with Crippen molar-refractivity contribution in [2.75, 3.05) is 0 Å². The number of primary amides is 1. The highest BCUT2D eigenvalue weighted by Crippen LogP contribution is 2.24. The van der Waals surface area contributed by atoms with E-state index in [2.05, 4.69) is 0 Å². The van der Waals surface area contributed by atoms with E-state index >= 15 is 0 Å². The van der Waals surface area contributed by atoms with Crippen LogP contribution < -0.4 is 5.73 Å². The van der Waals surface area contributed by atoms with Crippen molar-refractivity contribution < 1.29 is 20.1 Å². The molecule has 0 aliphatic heterocycles. The van der Waals surface area contributed by atoms with Crippen molar-refractivity contribution in [2.45, 2.75) is 38.1 Å².